The molecule has 1 saturated heterocycles. The van der Waals surface area contributed by atoms with Gasteiger partial charge in [-0.3, -0.25) is 0 Å². The zero-order valence-electron chi connectivity index (χ0n) is 10.5. The smallest absolute Gasteiger partial charge is 0.0425 e. The van der Waals surface area contributed by atoms with E-state index in [4.69, 9.17) is 5.73 Å². The summed E-state index contributed by atoms with van der Waals surface area (Å²) >= 11 is 3.57. The Hall–Kier alpha value is -0.540. The van der Waals surface area contributed by atoms with Gasteiger partial charge < -0.3 is 10.6 Å². The quantitative estimate of drug-likeness (QED) is 0.922. The van der Waals surface area contributed by atoms with Crippen LogP contribution in [0.2, 0.25) is 0 Å². The van der Waals surface area contributed by atoms with Crippen molar-refractivity contribution in [3.63, 3.8) is 0 Å². The van der Waals surface area contributed by atoms with E-state index in [9.17, 15) is 0 Å². The van der Waals surface area contributed by atoms with Crippen LogP contribution in [0.3, 0.4) is 0 Å². The van der Waals surface area contributed by atoms with Crippen molar-refractivity contribution in [2.24, 2.45) is 5.73 Å². The molecule has 1 aromatic rings. The van der Waals surface area contributed by atoms with Crippen LogP contribution in [0, 0.1) is 0 Å². The first-order valence-electron chi connectivity index (χ1n) is 6.51. The Bertz CT molecular complexity index is 378. The molecule has 1 heterocycles. The lowest BCUT2D eigenvalue weighted by Crippen LogP contribution is -2.39. The number of nitrogens with two attached hydrogens (primary N) is 1. The van der Waals surface area contributed by atoms with Crippen LogP contribution in [-0.4, -0.2) is 12.6 Å². The fourth-order valence-electron chi connectivity index (χ4n) is 2.72. The van der Waals surface area contributed by atoms with E-state index in [2.05, 4.69) is 46.0 Å². The number of halogens is 1. The van der Waals surface area contributed by atoms with Gasteiger partial charge in [0.15, 0.2) is 0 Å². The van der Waals surface area contributed by atoms with Crippen molar-refractivity contribution in [2.45, 2.75) is 45.2 Å². The third kappa shape index (κ3) is 2.83. The average Bonchev–Trinajstić information content (AvgIpc) is 2.38. The molecule has 0 bridgehead atoms. The van der Waals surface area contributed by atoms with E-state index in [-0.39, 0.29) is 0 Å². The molecule has 1 atom stereocenters. The number of hydrogen-bond donors (Lipinski definition) is 1. The molecule has 2 nitrogen and oxygen atoms in total. The number of anilines is 1. The lowest BCUT2D eigenvalue weighted by Gasteiger charge is -2.38. The van der Waals surface area contributed by atoms with E-state index in [0.29, 0.717) is 12.6 Å². The van der Waals surface area contributed by atoms with Crippen LogP contribution < -0.4 is 10.6 Å². The summed E-state index contributed by atoms with van der Waals surface area (Å²) in [5.41, 5.74) is 8.44. The summed E-state index contributed by atoms with van der Waals surface area (Å²) in [6, 6.07) is 7.12. The Morgan fingerprint density at radius 2 is 2.24 bits per heavy atom. The van der Waals surface area contributed by atoms with Crippen LogP contribution in [0.4, 0.5) is 5.69 Å². The van der Waals surface area contributed by atoms with E-state index in [0.717, 1.165) is 4.47 Å². The molecule has 1 aromatic carbocycles. The zero-order valence-corrected chi connectivity index (χ0v) is 12.0. The number of nitrogens with zero attached hydrogens (tertiary/aromatic N) is 1. The number of benzene rings is 1. The van der Waals surface area contributed by atoms with Crippen LogP contribution in [0.15, 0.2) is 22.7 Å². The van der Waals surface area contributed by atoms with E-state index in [1.165, 1.54) is 43.5 Å². The first kappa shape index (κ1) is 12.9. The Labute approximate surface area is 112 Å². The third-order valence-corrected chi connectivity index (χ3v) is 4.17. The lowest BCUT2D eigenvalue weighted by atomic mass is 9.98. The fraction of sp³-hybridized carbons (Fsp3) is 0.571. The molecule has 0 aliphatic carbocycles. The van der Waals surface area contributed by atoms with Crippen LogP contribution in [0.5, 0.6) is 0 Å². The normalized spacial score (nSPS) is 20.6. The molecule has 17 heavy (non-hydrogen) atoms. The highest BCUT2D eigenvalue weighted by Crippen LogP contribution is 2.31. The number of rotatable bonds is 3. The minimum Gasteiger partial charge on any atom is -0.368 e. The Kier molecular flexibility index (Phi) is 4.46. The second kappa shape index (κ2) is 5.87. The second-order valence-electron chi connectivity index (χ2n) is 4.73. The molecule has 3 heteroatoms. The molecule has 94 valence electrons. The van der Waals surface area contributed by atoms with Gasteiger partial charge in [0.25, 0.3) is 0 Å². The van der Waals surface area contributed by atoms with Crippen molar-refractivity contribution < 1.29 is 0 Å². The largest absolute Gasteiger partial charge is 0.368 e. The first-order valence-corrected chi connectivity index (χ1v) is 7.30. The van der Waals surface area contributed by atoms with Crippen LogP contribution in [0.1, 0.15) is 38.2 Å². The Balaban J connectivity index is 2.33. The Morgan fingerprint density at radius 3 is 2.94 bits per heavy atom. The minimum atomic E-state index is 0.621. The molecule has 2 N–H and O–H groups in total. The molecule has 0 aromatic heterocycles. The topological polar surface area (TPSA) is 29.3 Å². The van der Waals surface area contributed by atoms with Crippen LogP contribution >= 0.6 is 15.9 Å². The van der Waals surface area contributed by atoms with Crippen LogP contribution in [-0.2, 0) is 6.54 Å². The van der Waals surface area contributed by atoms with Gasteiger partial charge in [-0.1, -0.05) is 28.9 Å². The lowest BCUT2D eigenvalue weighted by molar-refractivity contribution is 0.449. The van der Waals surface area contributed by atoms with Crippen molar-refractivity contribution in [3.8, 4) is 0 Å². The number of piperidine rings is 1. The summed E-state index contributed by atoms with van der Waals surface area (Å²) in [5, 5.41) is 0. The van der Waals surface area contributed by atoms with E-state index in [1.54, 1.807) is 0 Å². The maximum atomic E-state index is 5.85. The van der Waals surface area contributed by atoms with E-state index < -0.39 is 0 Å². The highest BCUT2D eigenvalue weighted by Gasteiger charge is 2.22. The molecule has 1 fully saturated rings. The summed E-state index contributed by atoms with van der Waals surface area (Å²) in [5.74, 6) is 0. The molecule has 1 unspecified atom stereocenters. The molecule has 2 rings (SSSR count). The van der Waals surface area contributed by atoms with Crippen molar-refractivity contribution in [3.05, 3.63) is 28.2 Å². The molecule has 0 saturated carbocycles. The van der Waals surface area contributed by atoms with E-state index >= 15 is 0 Å². The van der Waals surface area contributed by atoms with Gasteiger partial charge in [-0.05, 0) is 43.4 Å². The molecule has 0 radical (unpaired) electrons. The summed E-state index contributed by atoms with van der Waals surface area (Å²) in [6.07, 6.45) is 5.19. The maximum absolute atomic E-state index is 5.85. The monoisotopic (exact) mass is 296 g/mol. The molecular formula is C14H21BrN2. The SMILES string of the molecule is CCC1CCCCN1c1cc(Br)ccc1CN. The van der Waals surface area contributed by atoms with Crippen molar-refractivity contribution >= 4 is 21.6 Å². The molecular weight excluding hydrogens is 276 g/mol. The van der Waals surface area contributed by atoms with Crippen molar-refractivity contribution in [2.75, 3.05) is 11.4 Å². The van der Waals surface area contributed by atoms with Gasteiger partial charge in [0.2, 0.25) is 0 Å². The summed E-state index contributed by atoms with van der Waals surface area (Å²) in [4.78, 5) is 2.55. The Morgan fingerprint density at radius 1 is 1.41 bits per heavy atom. The standard InChI is InChI=1S/C14H21BrN2/c1-2-13-5-3-4-8-17(13)14-9-12(15)7-6-11(14)10-16/h6-7,9,13H,2-5,8,10,16H2,1H3. The van der Waals surface area contributed by atoms with Gasteiger partial charge in [-0.2, -0.15) is 0 Å². The zero-order chi connectivity index (χ0) is 12.3. The highest BCUT2D eigenvalue weighted by atomic mass is 79.9. The van der Waals surface area contributed by atoms with Gasteiger partial charge in [-0.15, -0.1) is 0 Å². The first-order chi connectivity index (χ1) is 8.26. The second-order valence-corrected chi connectivity index (χ2v) is 5.64. The molecule has 1 aliphatic heterocycles. The van der Waals surface area contributed by atoms with Gasteiger partial charge in [0, 0.05) is 29.3 Å². The van der Waals surface area contributed by atoms with Gasteiger partial charge in [-0.25, -0.2) is 0 Å². The van der Waals surface area contributed by atoms with E-state index in [1.807, 2.05) is 0 Å². The maximum Gasteiger partial charge on any atom is 0.0425 e. The highest BCUT2D eigenvalue weighted by molar-refractivity contribution is 9.10. The fourth-order valence-corrected chi connectivity index (χ4v) is 3.07. The number of hydrogen-bond acceptors (Lipinski definition) is 2. The molecule has 0 amide bonds. The minimum absolute atomic E-state index is 0.621. The summed E-state index contributed by atoms with van der Waals surface area (Å²) in [6.45, 7) is 4.07. The molecule has 0 spiro atoms. The predicted molar refractivity (Wildman–Crippen MR) is 77.3 cm³/mol. The average molecular weight is 297 g/mol. The third-order valence-electron chi connectivity index (χ3n) is 3.68. The molecule has 1 aliphatic rings. The van der Waals surface area contributed by atoms with Gasteiger partial charge in [0.1, 0.15) is 0 Å². The van der Waals surface area contributed by atoms with Gasteiger partial charge >= 0.3 is 0 Å². The summed E-state index contributed by atoms with van der Waals surface area (Å²) < 4.78 is 1.14. The summed E-state index contributed by atoms with van der Waals surface area (Å²) in [7, 11) is 0. The van der Waals surface area contributed by atoms with Gasteiger partial charge in [0.05, 0.1) is 0 Å². The predicted octanol–water partition coefficient (Wildman–Crippen LogP) is 3.68. The van der Waals surface area contributed by atoms with Crippen molar-refractivity contribution in [1.82, 2.24) is 0 Å². The van der Waals surface area contributed by atoms with Crippen molar-refractivity contribution in [1.29, 1.82) is 0 Å². The van der Waals surface area contributed by atoms with Crippen LogP contribution in [0.25, 0.3) is 0 Å².